The van der Waals surface area contributed by atoms with E-state index in [9.17, 15) is 4.39 Å². The third-order valence-corrected chi connectivity index (χ3v) is 3.68. The largest absolute Gasteiger partial charge is 0.324 e. The summed E-state index contributed by atoms with van der Waals surface area (Å²) in [5.41, 5.74) is 10.9. The molecule has 0 aliphatic heterocycles. The Balaban J connectivity index is 2.03. The van der Waals surface area contributed by atoms with Gasteiger partial charge in [0.25, 0.3) is 0 Å². The van der Waals surface area contributed by atoms with Crippen LogP contribution in [-0.4, -0.2) is 0 Å². The summed E-state index contributed by atoms with van der Waals surface area (Å²) in [6.07, 6.45) is 3.34. The van der Waals surface area contributed by atoms with Gasteiger partial charge < -0.3 is 5.73 Å². The first-order valence-corrected chi connectivity index (χ1v) is 6.38. The van der Waals surface area contributed by atoms with E-state index in [4.69, 9.17) is 5.73 Å². The lowest BCUT2D eigenvalue weighted by molar-refractivity contribution is 0.571. The molecular formula is C16H16FN. The second-order valence-electron chi connectivity index (χ2n) is 4.92. The SMILES string of the molecule is NC1CCCc2ccc(-c3ccc(F)cc3)cc21. The molecule has 0 bridgehead atoms. The van der Waals surface area contributed by atoms with Gasteiger partial charge in [-0.2, -0.15) is 0 Å². The number of hydrogen-bond donors (Lipinski definition) is 1. The molecule has 18 heavy (non-hydrogen) atoms. The summed E-state index contributed by atoms with van der Waals surface area (Å²) >= 11 is 0. The molecule has 2 N–H and O–H groups in total. The van der Waals surface area contributed by atoms with E-state index in [0.29, 0.717) is 0 Å². The van der Waals surface area contributed by atoms with Crippen LogP contribution in [0, 0.1) is 5.82 Å². The number of nitrogens with two attached hydrogens (primary N) is 1. The van der Waals surface area contributed by atoms with E-state index in [1.807, 2.05) is 12.1 Å². The molecule has 0 aromatic heterocycles. The average Bonchev–Trinajstić information content (AvgIpc) is 2.40. The van der Waals surface area contributed by atoms with E-state index >= 15 is 0 Å². The summed E-state index contributed by atoms with van der Waals surface area (Å²) in [4.78, 5) is 0. The van der Waals surface area contributed by atoms with Crippen molar-refractivity contribution in [3.05, 3.63) is 59.4 Å². The Bertz CT molecular complexity index is 560. The lowest BCUT2D eigenvalue weighted by atomic mass is 9.86. The Morgan fingerprint density at radius 1 is 1.00 bits per heavy atom. The monoisotopic (exact) mass is 241 g/mol. The van der Waals surface area contributed by atoms with Crippen LogP contribution in [-0.2, 0) is 6.42 Å². The Morgan fingerprint density at radius 3 is 2.50 bits per heavy atom. The highest BCUT2D eigenvalue weighted by molar-refractivity contribution is 5.65. The zero-order valence-corrected chi connectivity index (χ0v) is 10.2. The lowest BCUT2D eigenvalue weighted by Crippen LogP contribution is -2.17. The Hall–Kier alpha value is -1.67. The second kappa shape index (κ2) is 4.54. The summed E-state index contributed by atoms with van der Waals surface area (Å²) < 4.78 is 12.9. The molecule has 1 aliphatic rings. The number of benzene rings is 2. The van der Waals surface area contributed by atoms with Crippen LogP contribution < -0.4 is 5.73 Å². The van der Waals surface area contributed by atoms with Crippen molar-refractivity contribution in [2.45, 2.75) is 25.3 Å². The fraction of sp³-hybridized carbons (Fsp3) is 0.250. The molecule has 1 atom stereocenters. The van der Waals surface area contributed by atoms with Crippen molar-refractivity contribution in [1.29, 1.82) is 0 Å². The van der Waals surface area contributed by atoms with Crippen LogP contribution in [0.5, 0.6) is 0 Å². The molecule has 0 saturated carbocycles. The molecule has 2 heteroatoms. The Morgan fingerprint density at radius 2 is 1.72 bits per heavy atom. The van der Waals surface area contributed by atoms with E-state index in [0.717, 1.165) is 24.0 Å². The van der Waals surface area contributed by atoms with E-state index in [2.05, 4.69) is 18.2 Å². The van der Waals surface area contributed by atoms with Crippen molar-refractivity contribution in [2.75, 3.05) is 0 Å². The molecule has 0 spiro atoms. The van der Waals surface area contributed by atoms with Crippen molar-refractivity contribution < 1.29 is 4.39 Å². The molecule has 0 heterocycles. The minimum atomic E-state index is -0.201. The summed E-state index contributed by atoms with van der Waals surface area (Å²) in [5, 5.41) is 0. The lowest BCUT2D eigenvalue weighted by Gasteiger charge is -2.23. The van der Waals surface area contributed by atoms with Crippen LogP contribution in [0.15, 0.2) is 42.5 Å². The van der Waals surface area contributed by atoms with Crippen molar-refractivity contribution in [2.24, 2.45) is 5.73 Å². The summed E-state index contributed by atoms with van der Waals surface area (Å²) in [6, 6.07) is 13.2. The molecule has 92 valence electrons. The third-order valence-electron chi connectivity index (χ3n) is 3.68. The highest BCUT2D eigenvalue weighted by atomic mass is 19.1. The zero-order chi connectivity index (χ0) is 12.5. The fourth-order valence-corrected chi connectivity index (χ4v) is 2.66. The van der Waals surface area contributed by atoms with Crippen LogP contribution in [0.1, 0.15) is 30.0 Å². The van der Waals surface area contributed by atoms with Gasteiger partial charge in [-0.1, -0.05) is 24.3 Å². The van der Waals surface area contributed by atoms with Gasteiger partial charge in [0.2, 0.25) is 0 Å². The van der Waals surface area contributed by atoms with Gasteiger partial charge >= 0.3 is 0 Å². The smallest absolute Gasteiger partial charge is 0.123 e. The average molecular weight is 241 g/mol. The minimum absolute atomic E-state index is 0.147. The molecule has 2 aromatic carbocycles. The third kappa shape index (κ3) is 2.04. The van der Waals surface area contributed by atoms with Crippen molar-refractivity contribution in [3.8, 4) is 11.1 Å². The number of aryl methyl sites for hydroxylation is 1. The normalized spacial score (nSPS) is 18.4. The summed E-state index contributed by atoms with van der Waals surface area (Å²) in [7, 11) is 0. The molecule has 0 saturated heterocycles. The van der Waals surface area contributed by atoms with Crippen LogP contribution in [0.3, 0.4) is 0 Å². The Labute approximate surface area is 106 Å². The first-order valence-electron chi connectivity index (χ1n) is 6.38. The van der Waals surface area contributed by atoms with E-state index < -0.39 is 0 Å². The van der Waals surface area contributed by atoms with Crippen LogP contribution in [0.25, 0.3) is 11.1 Å². The highest BCUT2D eigenvalue weighted by Gasteiger charge is 2.17. The van der Waals surface area contributed by atoms with Crippen LogP contribution in [0.4, 0.5) is 4.39 Å². The molecule has 1 nitrogen and oxygen atoms in total. The number of fused-ring (bicyclic) bond motifs is 1. The topological polar surface area (TPSA) is 26.0 Å². The number of rotatable bonds is 1. The maximum absolute atomic E-state index is 12.9. The molecule has 1 unspecified atom stereocenters. The van der Waals surface area contributed by atoms with Crippen molar-refractivity contribution in [1.82, 2.24) is 0 Å². The quantitative estimate of drug-likeness (QED) is 0.806. The first kappa shape index (κ1) is 11.4. The standard InChI is InChI=1S/C16H16FN/c17-14-8-6-11(7-9-14)13-5-4-12-2-1-3-16(18)15(12)10-13/h4-10,16H,1-3,18H2. The molecule has 0 fully saturated rings. The van der Waals surface area contributed by atoms with Crippen LogP contribution in [0.2, 0.25) is 0 Å². The molecule has 0 amide bonds. The predicted octanol–water partition coefficient (Wildman–Crippen LogP) is 3.83. The van der Waals surface area contributed by atoms with Gasteiger partial charge in [0.15, 0.2) is 0 Å². The molecule has 0 radical (unpaired) electrons. The van der Waals surface area contributed by atoms with Gasteiger partial charge in [-0.05, 0) is 59.7 Å². The van der Waals surface area contributed by atoms with Crippen molar-refractivity contribution in [3.63, 3.8) is 0 Å². The van der Waals surface area contributed by atoms with Gasteiger partial charge in [-0.15, -0.1) is 0 Å². The maximum Gasteiger partial charge on any atom is 0.123 e. The minimum Gasteiger partial charge on any atom is -0.324 e. The van der Waals surface area contributed by atoms with E-state index in [1.165, 1.54) is 29.7 Å². The second-order valence-corrected chi connectivity index (χ2v) is 4.92. The highest BCUT2D eigenvalue weighted by Crippen LogP contribution is 2.31. The fourth-order valence-electron chi connectivity index (χ4n) is 2.66. The van der Waals surface area contributed by atoms with Gasteiger partial charge in [0, 0.05) is 6.04 Å². The predicted molar refractivity (Wildman–Crippen MR) is 71.7 cm³/mol. The van der Waals surface area contributed by atoms with Crippen LogP contribution >= 0.6 is 0 Å². The first-order chi connectivity index (χ1) is 8.74. The molecule has 1 aliphatic carbocycles. The van der Waals surface area contributed by atoms with E-state index in [-0.39, 0.29) is 11.9 Å². The van der Waals surface area contributed by atoms with Gasteiger partial charge in [0.05, 0.1) is 0 Å². The van der Waals surface area contributed by atoms with Gasteiger partial charge in [0.1, 0.15) is 5.82 Å². The van der Waals surface area contributed by atoms with Gasteiger partial charge in [-0.25, -0.2) is 4.39 Å². The Kier molecular flexibility index (Phi) is 2.88. The zero-order valence-electron chi connectivity index (χ0n) is 10.2. The van der Waals surface area contributed by atoms with Gasteiger partial charge in [-0.3, -0.25) is 0 Å². The number of halogens is 1. The molecule has 2 aromatic rings. The summed E-state index contributed by atoms with van der Waals surface area (Å²) in [5.74, 6) is -0.201. The van der Waals surface area contributed by atoms with Crippen molar-refractivity contribution >= 4 is 0 Å². The molecular weight excluding hydrogens is 225 g/mol. The number of hydrogen-bond acceptors (Lipinski definition) is 1. The summed E-state index contributed by atoms with van der Waals surface area (Å²) in [6.45, 7) is 0. The maximum atomic E-state index is 12.9. The van der Waals surface area contributed by atoms with E-state index in [1.54, 1.807) is 0 Å². The molecule has 3 rings (SSSR count).